The van der Waals surface area contributed by atoms with E-state index in [9.17, 15) is 9.59 Å². The van der Waals surface area contributed by atoms with E-state index in [0.29, 0.717) is 39.4 Å². The Labute approximate surface area is 544 Å². The molecule has 0 aliphatic carbocycles. The van der Waals surface area contributed by atoms with Crippen molar-refractivity contribution >= 4 is 86.7 Å². The summed E-state index contributed by atoms with van der Waals surface area (Å²) in [6.07, 6.45) is 6.13. The molecule has 2 atom stereocenters. The number of thiazole rings is 1. The molecule has 8 aromatic rings. The maximum absolute atomic E-state index is 15.2. The van der Waals surface area contributed by atoms with Gasteiger partial charge in [0.25, 0.3) is 11.8 Å². The molecule has 16 nitrogen and oxygen atoms in total. The number of hydrogen-bond acceptors (Lipinski definition) is 17. The highest BCUT2D eigenvalue weighted by Crippen LogP contribution is 2.46. The summed E-state index contributed by atoms with van der Waals surface area (Å²) in [5.41, 5.74) is 5.33. The number of esters is 1. The number of nitrogens with zero attached hydrogens (tertiary/aromatic N) is 4. The number of carbonyl (C=O) groups is 3. The van der Waals surface area contributed by atoms with Gasteiger partial charge in [0.15, 0.2) is 22.3 Å². The topological polar surface area (TPSA) is 172 Å². The molecule has 0 bridgehead atoms. The van der Waals surface area contributed by atoms with Gasteiger partial charge in [-0.2, -0.15) is 0 Å². The van der Waals surface area contributed by atoms with E-state index in [-0.39, 0.29) is 65.1 Å². The number of rotatable bonds is 26. The molecular formula is C69H62Cl2N6O10S3. The van der Waals surface area contributed by atoms with Crippen LogP contribution in [0.25, 0.3) is 0 Å². The minimum Gasteiger partial charge on any atom is -0.497 e. The van der Waals surface area contributed by atoms with Crippen LogP contribution in [0.2, 0.25) is 10.0 Å². The highest BCUT2D eigenvalue weighted by molar-refractivity contribution is 8.03. The number of hydrogen-bond donors (Lipinski definition) is 2. The van der Waals surface area contributed by atoms with E-state index >= 15 is 4.79 Å². The van der Waals surface area contributed by atoms with E-state index < -0.39 is 34.7 Å². The standard InChI is InChI=1S/C69H62Cl2N6O10S3/c1-76-34-32-55(33-35-76)88-41-48-42-89-66-60(65(79)77(66)61(48)67(80)86-39-46-24-30-54(83-4)31-25-46)73-64(78)59(57-43-90-68(72-57)74-69(49-14-8-5-9-15-49,50-16-10-6-11-17-50)51-18-12-7-13-19-51)75-87-40-47-36-56(70)62(84-37-44-20-26-52(81-2)27-21-44)63(58(47)71)85-38-45-22-28-53(82-3)29-23-45/h5-34,36,43,60,66H,35,37-42H2,1-4H3,(H,72,74)(H,73,78)/b75-59-/t60?,66-/m0/s1. The van der Waals surface area contributed by atoms with Crippen LogP contribution in [0.3, 0.4) is 0 Å². The number of methoxy groups -OCH3 is 3. The van der Waals surface area contributed by atoms with Crippen molar-refractivity contribution in [2.24, 2.45) is 5.16 Å². The third-order valence-electron chi connectivity index (χ3n) is 15.1. The Morgan fingerprint density at radius 2 is 1.27 bits per heavy atom. The van der Waals surface area contributed by atoms with Gasteiger partial charge >= 0.3 is 5.97 Å². The van der Waals surface area contributed by atoms with Crippen LogP contribution in [-0.2, 0) is 55.9 Å². The number of halogens is 2. The van der Waals surface area contributed by atoms with Gasteiger partial charge < -0.3 is 48.8 Å². The number of β-lactam (4-membered cyclic amide) rings is 1. The number of oxime groups is 1. The molecule has 2 N–H and O–H groups in total. The van der Waals surface area contributed by atoms with Crippen LogP contribution >= 0.6 is 58.1 Å². The second-order valence-electron chi connectivity index (χ2n) is 20.9. The molecule has 0 spiro atoms. The van der Waals surface area contributed by atoms with Crippen LogP contribution in [0.5, 0.6) is 28.7 Å². The molecule has 4 heterocycles. The first-order valence-corrected chi connectivity index (χ1v) is 32.2. The minimum atomic E-state index is -1.09. The highest BCUT2D eigenvalue weighted by atomic mass is 35.5. The van der Waals surface area contributed by atoms with Gasteiger partial charge in [-0.25, -0.2) is 9.78 Å². The molecular weight excluding hydrogens is 1240 g/mol. The molecule has 460 valence electrons. The zero-order valence-corrected chi connectivity index (χ0v) is 53.4. The van der Waals surface area contributed by atoms with Gasteiger partial charge in [-0.15, -0.1) is 34.9 Å². The third-order valence-corrected chi connectivity index (χ3v) is 19.0. The Morgan fingerprint density at radius 1 is 0.722 bits per heavy atom. The van der Waals surface area contributed by atoms with E-state index in [4.69, 9.17) is 61.4 Å². The van der Waals surface area contributed by atoms with E-state index in [1.54, 1.807) is 56.7 Å². The molecule has 1 unspecified atom stereocenters. The summed E-state index contributed by atoms with van der Waals surface area (Å²) in [5.74, 6) is 1.25. The van der Waals surface area contributed by atoms with Gasteiger partial charge in [0.05, 0.1) is 31.4 Å². The molecule has 0 saturated carbocycles. The highest BCUT2D eigenvalue weighted by Gasteiger charge is 2.55. The Balaban J connectivity index is 0.913. The number of aromatic nitrogens is 1. The van der Waals surface area contributed by atoms with Crippen molar-refractivity contribution in [1.29, 1.82) is 0 Å². The number of benzene rings is 7. The zero-order valence-electron chi connectivity index (χ0n) is 49.4. The quantitative estimate of drug-likeness (QED) is 0.0172. The van der Waals surface area contributed by atoms with Crippen molar-refractivity contribution in [2.45, 2.75) is 43.4 Å². The van der Waals surface area contributed by atoms with E-state index in [1.807, 2.05) is 135 Å². The number of likely N-dealkylation sites (N-methyl/N-ethyl adjacent to an activating group) is 1. The van der Waals surface area contributed by atoms with Crippen molar-refractivity contribution in [2.75, 3.05) is 51.7 Å². The van der Waals surface area contributed by atoms with Crippen LogP contribution in [0, 0.1) is 0 Å². The molecule has 1 saturated heterocycles. The fourth-order valence-corrected chi connectivity index (χ4v) is 14.0. The summed E-state index contributed by atoms with van der Waals surface area (Å²) in [7, 11) is 6.76. The number of fused-ring (bicyclic) bond motifs is 1. The zero-order chi connectivity index (χ0) is 62.6. The summed E-state index contributed by atoms with van der Waals surface area (Å²) < 4.78 is 34.7. The van der Waals surface area contributed by atoms with E-state index in [1.165, 1.54) is 28.0 Å². The first-order chi connectivity index (χ1) is 43.9. The lowest BCUT2D eigenvalue weighted by molar-refractivity contribution is -0.153. The molecule has 11 rings (SSSR count). The fraction of sp³-hybridized carbons (Fsp3) is 0.203. The molecule has 7 aromatic carbocycles. The first-order valence-electron chi connectivity index (χ1n) is 28.5. The smallest absolute Gasteiger partial charge is 0.355 e. The van der Waals surface area contributed by atoms with Gasteiger partial charge in [0.2, 0.25) is 0 Å². The van der Waals surface area contributed by atoms with E-state index in [2.05, 4.69) is 63.2 Å². The van der Waals surface area contributed by atoms with Crippen molar-refractivity contribution < 1.29 is 47.6 Å². The number of thioether (sulfide) groups is 2. The van der Waals surface area contributed by atoms with Crippen LogP contribution < -0.4 is 34.3 Å². The number of allylic oxidation sites excluding steroid dienone is 1. The average Bonchev–Trinajstić information content (AvgIpc) is 0.885. The first kappa shape index (κ1) is 62.7. The predicted octanol–water partition coefficient (Wildman–Crippen LogP) is 13.4. The van der Waals surface area contributed by atoms with Crippen LogP contribution in [0.4, 0.5) is 5.13 Å². The van der Waals surface area contributed by atoms with Crippen molar-refractivity contribution in [3.63, 3.8) is 0 Å². The molecule has 2 amide bonds. The summed E-state index contributed by atoms with van der Waals surface area (Å²) in [5, 5.41) is 13.0. The lowest BCUT2D eigenvalue weighted by Gasteiger charge is -2.49. The van der Waals surface area contributed by atoms with Crippen molar-refractivity contribution in [3.05, 3.63) is 264 Å². The number of anilines is 1. The second-order valence-corrected chi connectivity index (χ2v) is 24.7. The van der Waals surface area contributed by atoms with Crippen LogP contribution in [0.1, 0.15) is 44.6 Å². The molecule has 0 radical (unpaired) electrons. The van der Waals surface area contributed by atoms with Gasteiger partial charge in [-0.1, -0.05) is 162 Å². The van der Waals surface area contributed by atoms with Crippen LogP contribution in [0.15, 0.2) is 215 Å². The number of amides is 2. The molecule has 1 aromatic heterocycles. The largest absolute Gasteiger partial charge is 0.497 e. The molecule has 21 heteroatoms. The molecule has 3 aliphatic rings. The molecule has 90 heavy (non-hydrogen) atoms. The van der Waals surface area contributed by atoms with Gasteiger partial charge in [0.1, 0.15) is 72.0 Å². The molecule has 3 aliphatic heterocycles. The van der Waals surface area contributed by atoms with Gasteiger partial charge in [-0.05, 0) is 87.5 Å². The Morgan fingerprint density at radius 3 is 1.80 bits per heavy atom. The Bertz CT molecular complexity index is 3870. The lowest BCUT2D eigenvalue weighted by atomic mass is 9.77. The Kier molecular flexibility index (Phi) is 20.4. The average molecular weight is 1300 g/mol. The van der Waals surface area contributed by atoms with Gasteiger partial charge in [-0.3, -0.25) is 14.5 Å². The second kappa shape index (κ2) is 29.2. The Hall–Kier alpha value is -8.85. The summed E-state index contributed by atoms with van der Waals surface area (Å²) in [6, 6.07) is 52.6. The summed E-state index contributed by atoms with van der Waals surface area (Å²) in [6.45, 7) is 0.582. The number of ether oxygens (including phenoxy) is 6. The maximum atomic E-state index is 15.2. The number of nitrogens with one attached hydrogen (secondary N) is 2. The summed E-state index contributed by atoms with van der Waals surface area (Å²) in [4.78, 5) is 60.0. The minimum absolute atomic E-state index is 0.0432. The lowest BCUT2D eigenvalue weighted by Crippen LogP contribution is -2.71. The van der Waals surface area contributed by atoms with Crippen molar-refractivity contribution in [3.8, 4) is 28.7 Å². The normalized spacial score (nSPS) is 15.5. The monoisotopic (exact) mass is 1300 g/mol. The summed E-state index contributed by atoms with van der Waals surface area (Å²) >= 11 is 18.6. The molecule has 1 fully saturated rings. The fourth-order valence-electron chi connectivity index (χ4n) is 10.3. The van der Waals surface area contributed by atoms with E-state index in [0.717, 1.165) is 50.4 Å². The van der Waals surface area contributed by atoms with Crippen molar-refractivity contribution in [1.82, 2.24) is 20.1 Å². The SMILES string of the molecule is COc1ccc(COC(=O)C2=C(CSC3=CCN(C)C=C3)CS[C@H]3C(NC(=O)/C(=N\OCc4cc(Cl)c(OCc5ccc(OC)cc5)c(OCc5ccc(OC)cc5)c4Cl)c4csc(NC(c5ccccc5)(c5ccccc5)c5ccccc5)n4)C(=O)N23)cc1. The predicted molar refractivity (Wildman–Crippen MR) is 355 cm³/mol. The maximum Gasteiger partial charge on any atom is 0.355 e. The van der Waals surface area contributed by atoms with Crippen LogP contribution in [-0.4, -0.2) is 96.1 Å². The number of carbonyl (C=O) groups excluding carboxylic acids is 3. The van der Waals surface area contributed by atoms with Gasteiger partial charge in [0, 0.05) is 47.1 Å². The third kappa shape index (κ3) is 14.3.